The molecule has 19 heavy (non-hydrogen) atoms. The van der Waals surface area contributed by atoms with Gasteiger partial charge in [-0.15, -0.1) is 0 Å². The van der Waals surface area contributed by atoms with E-state index in [2.05, 4.69) is 25.5 Å². The molecule has 3 rings (SSSR count). The fourth-order valence-corrected chi connectivity index (χ4v) is 1.76. The summed E-state index contributed by atoms with van der Waals surface area (Å²) in [6.07, 6.45) is 5.31. The third-order valence-electron chi connectivity index (χ3n) is 2.68. The van der Waals surface area contributed by atoms with Crippen LogP contribution in [0.4, 0.5) is 0 Å². The summed E-state index contributed by atoms with van der Waals surface area (Å²) in [6, 6.07) is 9.85. The van der Waals surface area contributed by atoms with Crippen LogP contribution >= 0.6 is 0 Å². The average Bonchev–Trinajstić information content (AvgIpc) is 3.11. The molecular weight excluding hydrogens is 240 g/mol. The normalized spacial score (nSPS) is 10.7. The molecule has 0 bridgehead atoms. The first-order valence-electron chi connectivity index (χ1n) is 6.07. The molecule has 0 fully saturated rings. The number of aromatic amines is 1. The Morgan fingerprint density at radius 1 is 1.16 bits per heavy atom. The minimum atomic E-state index is 0.660. The second-order valence-corrected chi connectivity index (χ2v) is 4.10. The lowest BCUT2D eigenvalue weighted by atomic mass is 10.3. The molecule has 0 spiro atoms. The molecule has 0 aliphatic heterocycles. The fourth-order valence-electron chi connectivity index (χ4n) is 1.76. The highest BCUT2D eigenvalue weighted by Crippen LogP contribution is 2.04. The Kier molecular flexibility index (Phi) is 3.33. The number of nitrogens with one attached hydrogen (secondary N) is 2. The molecule has 0 radical (unpaired) electrons. The Morgan fingerprint density at radius 3 is 2.84 bits per heavy atom. The van der Waals surface area contributed by atoms with Crippen LogP contribution in [0.3, 0.4) is 0 Å². The number of H-pyrrole nitrogens is 1. The quantitative estimate of drug-likeness (QED) is 0.719. The molecule has 1 aromatic carbocycles. The third-order valence-corrected chi connectivity index (χ3v) is 2.68. The Labute approximate surface area is 110 Å². The number of benzene rings is 1. The molecule has 0 saturated carbocycles. The van der Waals surface area contributed by atoms with E-state index in [1.807, 2.05) is 36.5 Å². The highest BCUT2D eigenvalue weighted by molar-refractivity contribution is 5.28. The zero-order valence-corrected chi connectivity index (χ0v) is 10.3. The lowest BCUT2D eigenvalue weighted by Gasteiger charge is -1.99. The first kappa shape index (κ1) is 11.6. The van der Waals surface area contributed by atoms with Crippen molar-refractivity contribution in [1.29, 1.82) is 0 Å². The predicted molar refractivity (Wildman–Crippen MR) is 70.5 cm³/mol. The molecular formula is C13H14N6. The predicted octanol–water partition coefficient (Wildman–Crippen LogP) is 1.28. The summed E-state index contributed by atoms with van der Waals surface area (Å²) in [5.41, 5.74) is 1.86. The molecule has 0 aliphatic carbocycles. The fraction of sp³-hybridized carbons (Fsp3) is 0.154. The van der Waals surface area contributed by atoms with Crippen LogP contribution in [0.25, 0.3) is 5.69 Å². The van der Waals surface area contributed by atoms with Crippen LogP contribution < -0.4 is 5.32 Å². The molecule has 96 valence electrons. The first-order valence-corrected chi connectivity index (χ1v) is 6.07. The molecule has 6 nitrogen and oxygen atoms in total. The number of rotatable bonds is 5. The van der Waals surface area contributed by atoms with Crippen molar-refractivity contribution in [3.8, 4) is 5.69 Å². The average molecular weight is 254 g/mol. The number of aromatic nitrogens is 5. The van der Waals surface area contributed by atoms with Gasteiger partial charge < -0.3 is 10.3 Å². The van der Waals surface area contributed by atoms with Gasteiger partial charge in [-0.25, -0.2) is 4.98 Å². The molecule has 2 heterocycles. The Bertz CT molecular complexity index is 614. The van der Waals surface area contributed by atoms with E-state index in [0.29, 0.717) is 13.1 Å². The van der Waals surface area contributed by atoms with E-state index in [1.54, 1.807) is 17.2 Å². The first-order chi connectivity index (χ1) is 9.42. The summed E-state index contributed by atoms with van der Waals surface area (Å²) in [4.78, 5) is 8.81. The minimum absolute atomic E-state index is 0.660. The molecule has 3 aromatic rings. The van der Waals surface area contributed by atoms with Gasteiger partial charge in [-0.1, -0.05) is 18.2 Å². The monoisotopic (exact) mass is 254 g/mol. The maximum atomic E-state index is 4.41. The molecule has 0 amide bonds. The number of para-hydroxylation sites is 1. The van der Waals surface area contributed by atoms with E-state index < -0.39 is 0 Å². The second-order valence-electron chi connectivity index (χ2n) is 4.10. The van der Waals surface area contributed by atoms with Crippen LogP contribution in [-0.4, -0.2) is 25.0 Å². The summed E-state index contributed by atoms with van der Waals surface area (Å²) >= 11 is 0. The molecule has 2 N–H and O–H groups in total. The van der Waals surface area contributed by atoms with E-state index in [1.165, 1.54) is 0 Å². The van der Waals surface area contributed by atoms with Gasteiger partial charge in [-0.05, 0) is 12.1 Å². The summed E-state index contributed by atoms with van der Waals surface area (Å²) in [5.74, 6) is 0.912. The summed E-state index contributed by atoms with van der Waals surface area (Å²) < 4.78 is 0. The lowest BCUT2D eigenvalue weighted by Crippen LogP contribution is -2.14. The van der Waals surface area contributed by atoms with Gasteiger partial charge in [0.15, 0.2) is 0 Å². The Balaban J connectivity index is 1.59. The molecule has 6 heteroatoms. The van der Waals surface area contributed by atoms with Crippen LogP contribution in [-0.2, 0) is 13.1 Å². The van der Waals surface area contributed by atoms with E-state index in [4.69, 9.17) is 0 Å². The molecule has 0 aliphatic rings. The second kappa shape index (κ2) is 5.45. The van der Waals surface area contributed by atoms with Crippen LogP contribution in [0.2, 0.25) is 0 Å². The maximum Gasteiger partial charge on any atom is 0.120 e. The van der Waals surface area contributed by atoms with Gasteiger partial charge in [0.05, 0.1) is 24.1 Å². The highest BCUT2D eigenvalue weighted by atomic mass is 15.5. The van der Waals surface area contributed by atoms with Crippen molar-refractivity contribution >= 4 is 0 Å². The van der Waals surface area contributed by atoms with Crippen molar-refractivity contribution < 1.29 is 0 Å². The molecule has 0 atom stereocenters. The molecule has 0 saturated heterocycles. The third kappa shape index (κ3) is 2.86. The van der Waals surface area contributed by atoms with Crippen LogP contribution in [0.1, 0.15) is 11.5 Å². The minimum Gasteiger partial charge on any atom is -0.348 e. The van der Waals surface area contributed by atoms with Gasteiger partial charge >= 0.3 is 0 Å². The van der Waals surface area contributed by atoms with Gasteiger partial charge in [0.25, 0.3) is 0 Å². The topological polar surface area (TPSA) is 71.4 Å². The summed E-state index contributed by atoms with van der Waals surface area (Å²) in [6.45, 7) is 1.35. The van der Waals surface area contributed by atoms with Crippen molar-refractivity contribution in [2.24, 2.45) is 0 Å². The summed E-state index contributed by atoms with van der Waals surface area (Å²) in [7, 11) is 0. The Morgan fingerprint density at radius 2 is 2.05 bits per heavy atom. The largest absolute Gasteiger partial charge is 0.348 e. The van der Waals surface area contributed by atoms with E-state index in [0.717, 1.165) is 17.2 Å². The van der Waals surface area contributed by atoms with Gasteiger partial charge in [0.2, 0.25) is 0 Å². The smallest absolute Gasteiger partial charge is 0.120 e. The number of nitrogens with zero attached hydrogens (tertiary/aromatic N) is 4. The van der Waals surface area contributed by atoms with E-state index in [-0.39, 0.29) is 0 Å². The number of hydrogen-bond donors (Lipinski definition) is 2. The van der Waals surface area contributed by atoms with Crippen LogP contribution in [0.15, 0.2) is 48.9 Å². The van der Waals surface area contributed by atoms with E-state index >= 15 is 0 Å². The van der Waals surface area contributed by atoms with Gasteiger partial charge in [0.1, 0.15) is 5.82 Å². The van der Waals surface area contributed by atoms with Crippen LogP contribution in [0, 0.1) is 0 Å². The number of imidazole rings is 1. The van der Waals surface area contributed by atoms with Crippen molar-refractivity contribution in [3.05, 3.63) is 60.4 Å². The van der Waals surface area contributed by atoms with Crippen LogP contribution in [0.5, 0.6) is 0 Å². The lowest BCUT2D eigenvalue weighted by molar-refractivity contribution is 0.645. The van der Waals surface area contributed by atoms with Gasteiger partial charge in [-0.2, -0.15) is 15.0 Å². The van der Waals surface area contributed by atoms with Crippen molar-refractivity contribution in [2.45, 2.75) is 13.1 Å². The van der Waals surface area contributed by atoms with E-state index in [9.17, 15) is 0 Å². The highest BCUT2D eigenvalue weighted by Gasteiger charge is 2.02. The zero-order chi connectivity index (χ0) is 12.9. The number of hydrogen-bond acceptors (Lipinski definition) is 4. The zero-order valence-electron chi connectivity index (χ0n) is 10.3. The Hall–Kier alpha value is -2.47. The van der Waals surface area contributed by atoms with Gasteiger partial charge in [0, 0.05) is 18.9 Å². The summed E-state index contributed by atoms with van der Waals surface area (Å²) in [5, 5.41) is 11.9. The standard InChI is InChI=1S/C13H14N6/c1-2-4-12(5-3-1)19-17-9-11(18-19)8-14-10-13-15-6-7-16-13/h1-7,9,14H,8,10H2,(H,15,16). The maximum absolute atomic E-state index is 4.41. The van der Waals surface area contributed by atoms with Gasteiger partial charge in [-0.3, -0.25) is 0 Å². The SMILES string of the molecule is c1ccc(-n2ncc(CNCc3ncc[nH]3)n2)cc1. The van der Waals surface area contributed by atoms with Crippen molar-refractivity contribution in [2.75, 3.05) is 0 Å². The molecule has 2 aromatic heterocycles. The van der Waals surface area contributed by atoms with Crippen molar-refractivity contribution in [1.82, 2.24) is 30.3 Å². The van der Waals surface area contributed by atoms with Crippen molar-refractivity contribution in [3.63, 3.8) is 0 Å². The molecule has 0 unspecified atom stereocenters.